The van der Waals surface area contributed by atoms with Crippen molar-refractivity contribution < 1.29 is 9.53 Å². The molecule has 0 aromatic heterocycles. The van der Waals surface area contributed by atoms with E-state index in [1.165, 1.54) is 12.8 Å². The minimum absolute atomic E-state index is 0.201. The molecule has 3 nitrogen and oxygen atoms in total. The van der Waals surface area contributed by atoms with Gasteiger partial charge in [0.2, 0.25) is 0 Å². The summed E-state index contributed by atoms with van der Waals surface area (Å²) in [7, 11) is 1.63. The van der Waals surface area contributed by atoms with Crippen molar-refractivity contribution in [1.82, 2.24) is 4.90 Å². The number of carbonyl (C=O) groups is 1. The number of methoxy groups -OCH3 is 1. The standard InChI is InChI=1S/C15H21NO2/c1-12-4-3-9-16(10-12)11-15(17)13-5-7-14(18-2)8-6-13/h5-8,12H,3-4,9-11H2,1-2H3/t12-/m1/s1. The lowest BCUT2D eigenvalue weighted by molar-refractivity contribution is 0.0893. The molecule has 1 saturated heterocycles. The maximum atomic E-state index is 12.1. The van der Waals surface area contributed by atoms with Crippen molar-refractivity contribution >= 4 is 5.78 Å². The zero-order valence-corrected chi connectivity index (χ0v) is 11.2. The van der Waals surface area contributed by atoms with Crippen LogP contribution in [0.25, 0.3) is 0 Å². The first-order valence-electron chi connectivity index (χ1n) is 6.58. The summed E-state index contributed by atoms with van der Waals surface area (Å²) < 4.78 is 5.09. The SMILES string of the molecule is COc1ccc(C(=O)CN2CCC[C@@H](C)C2)cc1. The highest BCUT2D eigenvalue weighted by Crippen LogP contribution is 2.17. The molecule has 1 aromatic carbocycles. The second-order valence-electron chi connectivity index (χ2n) is 5.13. The molecule has 1 atom stereocenters. The Morgan fingerprint density at radius 3 is 2.72 bits per heavy atom. The van der Waals surface area contributed by atoms with Crippen molar-refractivity contribution in [2.24, 2.45) is 5.92 Å². The summed E-state index contributed by atoms with van der Waals surface area (Å²) in [5.74, 6) is 1.70. The maximum Gasteiger partial charge on any atom is 0.176 e. The molecule has 0 amide bonds. The Bertz CT molecular complexity index is 399. The van der Waals surface area contributed by atoms with Crippen LogP contribution in [-0.4, -0.2) is 37.4 Å². The second kappa shape index (κ2) is 6.01. The molecule has 1 aliphatic rings. The first kappa shape index (κ1) is 13.1. The van der Waals surface area contributed by atoms with Gasteiger partial charge in [0.25, 0.3) is 0 Å². The number of likely N-dealkylation sites (tertiary alicyclic amines) is 1. The predicted molar refractivity (Wildman–Crippen MR) is 72.2 cm³/mol. The number of rotatable bonds is 4. The number of nitrogens with zero attached hydrogens (tertiary/aromatic N) is 1. The number of carbonyl (C=O) groups excluding carboxylic acids is 1. The lowest BCUT2D eigenvalue weighted by Crippen LogP contribution is -2.37. The van der Waals surface area contributed by atoms with Gasteiger partial charge < -0.3 is 4.74 Å². The van der Waals surface area contributed by atoms with E-state index in [0.717, 1.165) is 24.4 Å². The van der Waals surface area contributed by atoms with Gasteiger partial charge in [0.1, 0.15) is 5.75 Å². The smallest absolute Gasteiger partial charge is 0.176 e. The number of Topliss-reactive ketones (excluding diaryl/α,β-unsaturated/α-hetero) is 1. The zero-order valence-electron chi connectivity index (χ0n) is 11.2. The van der Waals surface area contributed by atoms with Gasteiger partial charge in [0.05, 0.1) is 13.7 Å². The number of benzene rings is 1. The van der Waals surface area contributed by atoms with Gasteiger partial charge in [-0.1, -0.05) is 6.92 Å². The Hall–Kier alpha value is -1.35. The van der Waals surface area contributed by atoms with Crippen LogP contribution in [0.4, 0.5) is 0 Å². The molecular weight excluding hydrogens is 226 g/mol. The van der Waals surface area contributed by atoms with Crippen LogP contribution in [0.3, 0.4) is 0 Å². The summed E-state index contributed by atoms with van der Waals surface area (Å²) in [5.41, 5.74) is 0.772. The van der Waals surface area contributed by atoms with Crippen LogP contribution in [0.15, 0.2) is 24.3 Å². The predicted octanol–water partition coefficient (Wildman–Crippen LogP) is 2.61. The van der Waals surface area contributed by atoms with Crippen molar-refractivity contribution in [2.45, 2.75) is 19.8 Å². The van der Waals surface area contributed by atoms with E-state index in [1.54, 1.807) is 7.11 Å². The number of ether oxygens (including phenoxy) is 1. The van der Waals surface area contributed by atoms with E-state index >= 15 is 0 Å². The highest BCUT2D eigenvalue weighted by atomic mass is 16.5. The highest BCUT2D eigenvalue weighted by Gasteiger charge is 2.19. The van der Waals surface area contributed by atoms with Gasteiger partial charge in [-0.2, -0.15) is 0 Å². The fourth-order valence-corrected chi connectivity index (χ4v) is 2.50. The Labute approximate surface area is 109 Å². The Kier molecular flexibility index (Phi) is 4.37. The van der Waals surface area contributed by atoms with Crippen molar-refractivity contribution in [2.75, 3.05) is 26.7 Å². The molecule has 0 N–H and O–H groups in total. The molecule has 1 heterocycles. The summed E-state index contributed by atoms with van der Waals surface area (Å²) in [5, 5.41) is 0. The first-order valence-corrected chi connectivity index (χ1v) is 6.58. The van der Waals surface area contributed by atoms with Crippen LogP contribution in [0, 0.1) is 5.92 Å². The minimum Gasteiger partial charge on any atom is -0.497 e. The van der Waals surface area contributed by atoms with Gasteiger partial charge in [0.15, 0.2) is 5.78 Å². The number of hydrogen-bond donors (Lipinski definition) is 0. The number of ketones is 1. The first-order chi connectivity index (χ1) is 8.69. The van der Waals surface area contributed by atoms with Crippen LogP contribution in [0.1, 0.15) is 30.1 Å². The molecule has 0 bridgehead atoms. The average molecular weight is 247 g/mol. The summed E-state index contributed by atoms with van der Waals surface area (Å²) >= 11 is 0. The van der Waals surface area contributed by atoms with Crippen LogP contribution < -0.4 is 4.74 Å². The average Bonchev–Trinajstić information content (AvgIpc) is 2.39. The minimum atomic E-state index is 0.201. The van der Waals surface area contributed by atoms with Gasteiger partial charge in [-0.05, 0) is 49.6 Å². The van der Waals surface area contributed by atoms with Gasteiger partial charge in [-0.3, -0.25) is 9.69 Å². The third kappa shape index (κ3) is 3.33. The van der Waals surface area contributed by atoms with Crippen molar-refractivity contribution in [3.05, 3.63) is 29.8 Å². The lowest BCUT2D eigenvalue weighted by atomic mass is 9.99. The summed E-state index contributed by atoms with van der Waals surface area (Å²) in [6.07, 6.45) is 2.49. The molecule has 0 spiro atoms. The third-order valence-corrected chi connectivity index (χ3v) is 3.52. The monoisotopic (exact) mass is 247 g/mol. The Morgan fingerprint density at radius 1 is 1.39 bits per heavy atom. The molecule has 98 valence electrons. The largest absolute Gasteiger partial charge is 0.497 e. The van der Waals surface area contributed by atoms with Crippen LogP contribution in [0.2, 0.25) is 0 Å². The normalized spacial score (nSPS) is 20.7. The van der Waals surface area contributed by atoms with Crippen LogP contribution in [-0.2, 0) is 0 Å². The summed E-state index contributed by atoms with van der Waals surface area (Å²) in [6, 6.07) is 7.36. The van der Waals surface area contributed by atoms with Crippen molar-refractivity contribution in [1.29, 1.82) is 0 Å². The zero-order chi connectivity index (χ0) is 13.0. The molecule has 0 radical (unpaired) electrons. The van der Waals surface area contributed by atoms with Gasteiger partial charge in [0, 0.05) is 12.1 Å². The van der Waals surface area contributed by atoms with E-state index in [2.05, 4.69) is 11.8 Å². The van der Waals surface area contributed by atoms with E-state index in [1.807, 2.05) is 24.3 Å². The van der Waals surface area contributed by atoms with Gasteiger partial charge >= 0.3 is 0 Å². The molecule has 1 aromatic rings. The van der Waals surface area contributed by atoms with Crippen molar-refractivity contribution in [3.63, 3.8) is 0 Å². The second-order valence-corrected chi connectivity index (χ2v) is 5.13. The molecule has 18 heavy (non-hydrogen) atoms. The molecule has 0 aliphatic carbocycles. The summed E-state index contributed by atoms with van der Waals surface area (Å²) in [4.78, 5) is 14.4. The van der Waals surface area contributed by atoms with Crippen LogP contribution >= 0.6 is 0 Å². The van der Waals surface area contributed by atoms with Gasteiger partial charge in [-0.15, -0.1) is 0 Å². The molecular formula is C15H21NO2. The third-order valence-electron chi connectivity index (χ3n) is 3.52. The Morgan fingerprint density at radius 2 is 2.11 bits per heavy atom. The van der Waals surface area contributed by atoms with Crippen molar-refractivity contribution in [3.8, 4) is 5.75 Å². The molecule has 1 aliphatic heterocycles. The summed E-state index contributed by atoms with van der Waals surface area (Å²) in [6.45, 7) is 4.88. The van der Waals surface area contributed by atoms with E-state index in [9.17, 15) is 4.79 Å². The molecule has 3 heteroatoms. The molecule has 0 unspecified atom stereocenters. The fraction of sp³-hybridized carbons (Fsp3) is 0.533. The van der Waals surface area contributed by atoms with E-state index in [0.29, 0.717) is 12.5 Å². The number of piperidine rings is 1. The van der Waals surface area contributed by atoms with E-state index in [4.69, 9.17) is 4.74 Å². The molecule has 2 rings (SSSR count). The highest BCUT2D eigenvalue weighted by molar-refractivity contribution is 5.97. The lowest BCUT2D eigenvalue weighted by Gasteiger charge is -2.30. The topological polar surface area (TPSA) is 29.5 Å². The fourth-order valence-electron chi connectivity index (χ4n) is 2.50. The number of hydrogen-bond acceptors (Lipinski definition) is 3. The molecule has 0 saturated carbocycles. The van der Waals surface area contributed by atoms with E-state index < -0.39 is 0 Å². The van der Waals surface area contributed by atoms with Gasteiger partial charge in [-0.25, -0.2) is 0 Å². The quantitative estimate of drug-likeness (QED) is 0.766. The molecule has 1 fully saturated rings. The van der Waals surface area contributed by atoms with E-state index in [-0.39, 0.29) is 5.78 Å². The maximum absolute atomic E-state index is 12.1. The Balaban J connectivity index is 1.94. The van der Waals surface area contributed by atoms with Crippen LogP contribution in [0.5, 0.6) is 5.75 Å².